The first-order valence-corrected chi connectivity index (χ1v) is 15.7. The summed E-state index contributed by atoms with van der Waals surface area (Å²) in [4.78, 5) is 18.5. The first-order valence-electron chi connectivity index (χ1n) is 15.7. The van der Waals surface area contributed by atoms with Crippen LogP contribution in [0.5, 0.6) is 0 Å². The summed E-state index contributed by atoms with van der Waals surface area (Å²) in [5.74, 6) is 0. The molecule has 42 heavy (non-hydrogen) atoms. The van der Waals surface area contributed by atoms with E-state index in [1.807, 2.05) is 0 Å². The molecule has 3 aromatic heterocycles. The van der Waals surface area contributed by atoms with Crippen molar-refractivity contribution >= 4 is 44.4 Å². The number of aromatic nitrogens is 4. The van der Waals surface area contributed by atoms with Gasteiger partial charge in [-0.1, -0.05) is 55.4 Å². The molecule has 0 saturated heterocycles. The molecule has 230 valence electrons. The third kappa shape index (κ3) is 5.76. The van der Waals surface area contributed by atoms with Crippen molar-refractivity contribution in [1.82, 2.24) is 19.9 Å². The molecule has 3 aromatic rings. The van der Waals surface area contributed by atoms with Crippen LogP contribution in [0.1, 0.15) is 126 Å². The van der Waals surface area contributed by atoms with Crippen LogP contribution >= 0.6 is 0 Å². The standard InChI is InChI=1S/C36H46N4.2Pt/c1-9-23-25(11-3)33-29(15-7)35-27(13-5)28(14-6)36(40-35)30(16-8)34-26(12-4)24(10-2)32(39-34)20-22-18-17-21(37-22)19-31(23)38-33;;/h17-20,37-38H,9-16H2,1-8H3;;. The van der Waals surface area contributed by atoms with Gasteiger partial charge in [-0.2, -0.15) is 0 Å². The summed E-state index contributed by atoms with van der Waals surface area (Å²) in [6.45, 7) is 18.2. The Hall–Kier alpha value is -2.02. The van der Waals surface area contributed by atoms with Crippen LogP contribution in [0.15, 0.2) is 24.3 Å². The number of aryl methyl sites for hydroxylation is 3. The van der Waals surface area contributed by atoms with Gasteiger partial charge in [0.05, 0.1) is 22.8 Å². The summed E-state index contributed by atoms with van der Waals surface area (Å²) in [7, 11) is 0. The predicted octanol–water partition coefficient (Wildman–Crippen LogP) is 10.0. The van der Waals surface area contributed by atoms with Crippen molar-refractivity contribution in [3.63, 3.8) is 0 Å². The van der Waals surface area contributed by atoms with Crippen LogP contribution in [0.2, 0.25) is 0 Å². The molecule has 0 spiro atoms. The van der Waals surface area contributed by atoms with Gasteiger partial charge in [0.2, 0.25) is 0 Å². The normalized spacial score (nSPS) is 13.0. The predicted molar refractivity (Wildman–Crippen MR) is 173 cm³/mol. The van der Waals surface area contributed by atoms with Crippen LogP contribution in [0.3, 0.4) is 0 Å². The number of hydrogen-bond donors (Lipinski definition) is 2. The smallest absolute Gasteiger partial charge is 0.0726 e. The van der Waals surface area contributed by atoms with Crippen LogP contribution in [0.25, 0.3) is 44.4 Å². The van der Waals surface area contributed by atoms with E-state index in [9.17, 15) is 0 Å². The molecule has 0 fully saturated rings. The van der Waals surface area contributed by atoms with E-state index >= 15 is 0 Å². The van der Waals surface area contributed by atoms with Crippen LogP contribution in [0.4, 0.5) is 0 Å². The molecule has 8 bridgehead atoms. The summed E-state index contributed by atoms with van der Waals surface area (Å²) in [5, 5.41) is 0. The molecule has 2 N–H and O–H groups in total. The number of nitrogens with one attached hydrogen (secondary N) is 2. The number of aromatic amines is 2. The second-order valence-electron chi connectivity index (χ2n) is 10.9. The summed E-state index contributed by atoms with van der Waals surface area (Å²) in [6, 6.07) is 8.89. The van der Waals surface area contributed by atoms with E-state index in [0.29, 0.717) is 0 Å². The van der Waals surface area contributed by atoms with Gasteiger partial charge in [-0.3, -0.25) is 0 Å². The van der Waals surface area contributed by atoms with Gasteiger partial charge < -0.3 is 9.97 Å². The molecule has 0 radical (unpaired) electrons. The van der Waals surface area contributed by atoms with Crippen LogP contribution in [0, 0.1) is 0 Å². The average molecular weight is 925 g/mol. The van der Waals surface area contributed by atoms with Gasteiger partial charge in [0.1, 0.15) is 0 Å². The number of rotatable bonds is 8. The van der Waals surface area contributed by atoms with Crippen molar-refractivity contribution in [1.29, 1.82) is 0 Å². The van der Waals surface area contributed by atoms with E-state index in [1.54, 1.807) is 0 Å². The molecule has 0 saturated carbocycles. The molecule has 5 heterocycles. The first-order chi connectivity index (χ1) is 19.5. The van der Waals surface area contributed by atoms with E-state index in [2.05, 4.69) is 89.6 Å². The third-order valence-corrected chi connectivity index (χ3v) is 8.91. The zero-order valence-electron chi connectivity index (χ0n) is 26.5. The minimum absolute atomic E-state index is 0. The fourth-order valence-electron chi connectivity index (χ4n) is 7.07. The molecule has 0 aromatic carbocycles. The Morgan fingerprint density at radius 2 is 0.952 bits per heavy atom. The number of H-pyrrole nitrogens is 2. The first kappa shape index (κ1) is 34.5. The van der Waals surface area contributed by atoms with Crippen LogP contribution < -0.4 is 0 Å². The minimum atomic E-state index is 0. The Kier molecular flexibility index (Phi) is 12.0. The zero-order valence-corrected chi connectivity index (χ0v) is 31.0. The second-order valence-corrected chi connectivity index (χ2v) is 10.9. The minimum Gasteiger partial charge on any atom is -0.355 e. The molecule has 2 aliphatic rings. The summed E-state index contributed by atoms with van der Waals surface area (Å²) in [5.41, 5.74) is 20.3. The van der Waals surface area contributed by atoms with Crippen molar-refractivity contribution in [2.45, 2.75) is 107 Å². The van der Waals surface area contributed by atoms with Crippen molar-refractivity contribution in [2.75, 3.05) is 0 Å². The largest absolute Gasteiger partial charge is 0.355 e. The number of hydrogen-bond acceptors (Lipinski definition) is 2. The quantitative estimate of drug-likeness (QED) is 0.237. The molecular formula is C36H46N4Pt2. The Morgan fingerprint density at radius 3 is 1.48 bits per heavy atom. The monoisotopic (exact) mass is 924 g/mol. The van der Waals surface area contributed by atoms with Crippen molar-refractivity contribution in [2.24, 2.45) is 0 Å². The number of nitrogens with zero attached hydrogens (tertiary/aromatic N) is 2. The average Bonchev–Trinajstić information content (AvgIpc) is 3.73. The van der Waals surface area contributed by atoms with E-state index in [-0.39, 0.29) is 42.1 Å². The fraction of sp³-hybridized carbons (Fsp3) is 0.444. The number of allylic oxidation sites excluding steroid dienone is 4. The molecule has 4 nitrogen and oxygen atoms in total. The topological polar surface area (TPSA) is 57.4 Å². The van der Waals surface area contributed by atoms with Gasteiger partial charge in [0.15, 0.2) is 0 Å². The summed E-state index contributed by atoms with van der Waals surface area (Å²) < 4.78 is 0. The van der Waals surface area contributed by atoms with Crippen LogP contribution in [-0.2, 0) is 67.8 Å². The molecule has 0 aliphatic carbocycles. The van der Waals surface area contributed by atoms with Gasteiger partial charge in [-0.05, 0) is 109 Å². The number of fused-ring (bicyclic) bond motifs is 8. The molecule has 0 atom stereocenters. The van der Waals surface area contributed by atoms with E-state index < -0.39 is 0 Å². The van der Waals surface area contributed by atoms with Gasteiger partial charge in [0.25, 0.3) is 0 Å². The van der Waals surface area contributed by atoms with Gasteiger partial charge >= 0.3 is 0 Å². The van der Waals surface area contributed by atoms with Gasteiger partial charge in [0, 0.05) is 75.3 Å². The molecule has 0 unspecified atom stereocenters. The van der Waals surface area contributed by atoms with Crippen LogP contribution in [-0.4, -0.2) is 19.9 Å². The summed E-state index contributed by atoms with van der Waals surface area (Å²) >= 11 is 0. The molecule has 5 rings (SSSR count). The molecule has 2 aliphatic heterocycles. The SMILES string of the molecule is CCC1=C(CC)c2nc1cc1ccc(cc3[nH]c(c(CC)c4nc(c2CC)C(CC)=C4CC)c(CC)c3CC)[nH]1.[Pt].[Pt]. The zero-order chi connectivity index (χ0) is 28.6. The van der Waals surface area contributed by atoms with Crippen molar-refractivity contribution in [3.8, 4) is 0 Å². The van der Waals surface area contributed by atoms with E-state index in [0.717, 1.165) is 73.8 Å². The molecule has 0 amide bonds. The third-order valence-electron chi connectivity index (χ3n) is 8.91. The fourth-order valence-corrected chi connectivity index (χ4v) is 7.07. The van der Waals surface area contributed by atoms with Crippen molar-refractivity contribution in [3.05, 3.63) is 69.3 Å². The maximum Gasteiger partial charge on any atom is 0.0726 e. The maximum absolute atomic E-state index is 5.57. The van der Waals surface area contributed by atoms with E-state index in [4.69, 9.17) is 9.97 Å². The van der Waals surface area contributed by atoms with Crippen molar-refractivity contribution < 1.29 is 42.1 Å². The Labute approximate surface area is 280 Å². The Morgan fingerprint density at radius 1 is 0.476 bits per heavy atom. The molecule has 6 heteroatoms. The van der Waals surface area contributed by atoms with E-state index in [1.165, 1.54) is 67.0 Å². The second kappa shape index (κ2) is 14.6. The Balaban J connectivity index is 0.00000242. The maximum atomic E-state index is 5.57. The molecular weight excluding hydrogens is 879 g/mol. The van der Waals surface area contributed by atoms with Gasteiger partial charge in [-0.15, -0.1) is 0 Å². The van der Waals surface area contributed by atoms with Gasteiger partial charge in [-0.25, -0.2) is 9.97 Å². The Bertz CT molecular complexity index is 1680. The summed E-state index contributed by atoms with van der Waals surface area (Å²) in [6.07, 6.45) is 7.74.